The Bertz CT molecular complexity index is 10100. The quantitative estimate of drug-likeness (QED) is 0.117. The van der Waals surface area contributed by atoms with Crippen molar-refractivity contribution < 1.29 is 0 Å². The van der Waals surface area contributed by atoms with Crippen molar-refractivity contribution in [1.29, 1.82) is 0 Å². The summed E-state index contributed by atoms with van der Waals surface area (Å²) in [6.45, 7) is 0. The van der Waals surface area contributed by atoms with Crippen LogP contribution in [0.15, 0.2) is 510 Å². The van der Waals surface area contributed by atoms with Gasteiger partial charge < -0.3 is 27.4 Å². The molecule has 0 fully saturated rings. The van der Waals surface area contributed by atoms with E-state index in [1.165, 1.54) is 260 Å². The van der Waals surface area contributed by atoms with Gasteiger partial charge in [0.1, 0.15) is 0 Å². The highest BCUT2D eigenvalue weighted by Crippen LogP contribution is 2.50. The Morgan fingerprint density at radius 3 is 0.730 bits per heavy atom. The van der Waals surface area contributed by atoms with Crippen molar-refractivity contribution in [2.24, 2.45) is 0 Å². The van der Waals surface area contributed by atoms with Gasteiger partial charge in [-0.2, -0.15) is 0 Å². The van der Waals surface area contributed by atoms with Gasteiger partial charge in [0.05, 0.1) is 80.3 Å². The van der Waals surface area contributed by atoms with Crippen molar-refractivity contribution in [3.8, 4) is 101 Å². The highest BCUT2D eigenvalue weighted by Gasteiger charge is 2.26. The predicted molar refractivity (Wildman–Crippen MR) is 604 cm³/mol. The van der Waals surface area contributed by atoms with Crippen LogP contribution in [-0.2, 0) is 0 Å². The largest absolute Gasteiger partial charge is 0.309 e. The van der Waals surface area contributed by atoms with Gasteiger partial charge >= 0.3 is 0 Å². The lowest BCUT2D eigenvalue weighted by Crippen LogP contribution is -1.93. The molecule has 141 heavy (non-hydrogen) atoms. The monoisotopic (exact) mass is 1850 g/mol. The normalized spacial score (nSPS) is 11.8. The van der Waals surface area contributed by atoms with E-state index in [0.29, 0.717) is 0 Å². The molecule has 660 valence electrons. The van der Waals surface area contributed by atoms with E-state index >= 15 is 0 Å². The van der Waals surface area contributed by atoms with Crippen LogP contribution < -0.4 is 0 Å². The van der Waals surface area contributed by atoms with E-state index in [4.69, 9.17) is 0 Å². The maximum atomic E-state index is 2.43. The Morgan fingerprint density at radius 2 is 0.362 bits per heavy atom. The second-order valence-electron chi connectivity index (χ2n) is 36.5. The number of fused-ring (bicyclic) bond motifs is 24. The second-order valence-corrected chi connectivity index (χ2v) is 39.7. The van der Waals surface area contributed by atoms with Crippen molar-refractivity contribution in [1.82, 2.24) is 27.4 Å². The third-order valence-corrected chi connectivity index (χ3v) is 32.2. The summed E-state index contributed by atoms with van der Waals surface area (Å²) < 4.78 is 22.4. The van der Waals surface area contributed by atoms with E-state index in [9.17, 15) is 0 Å². The molecule has 0 saturated carbocycles. The van der Waals surface area contributed by atoms with Crippen molar-refractivity contribution in [2.75, 3.05) is 0 Å². The summed E-state index contributed by atoms with van der Waals surface area (Å²) in [5.74, 6) is 0. The highest BCUT2D eigenvalue weighted by atomic mass is 32.1. The molecule has 0 saturated heterocycles. The van der Waals surface area contributed by atoms with Gasteiger partial charge in [-0.15, -0.1) is 34.0 Å². The van der Waals surface area contributed by atoms with Crippen LogP contribution in [0.1, 0.15) is 0 Å². The third kappa shape index (κ3) is 13.6. The lowest BCUT2D eigenvalue weighted by atomic mass is 9.96. The number of benzene rings is 21. The Labute approximate surface area is 824 Å². The van der Waals surface area contributed by atoms with E-state index in [1.54, 1.807) is 0 Å². The lowest BCUT2D eigenvalue weighted by molar-refractivity contribution is 1.18. The number of hydrogen-bond acceptors (Lipinski definition) is 3. The van der Waals surface area contributed by atoms with Crippen LogP contribution in [0.2, 0.25) is 0 Å². The molecule has 0 radical (unpaired) electrons. The van der Waals surface area contributed by atoms with Gasteiger partial charge in [-0.25, -0.2) is 0 Å². The molecule has 9 heterocycles. The number of rotatable bonds is 12. The zero-order valence-electron chi connectivity index (χ0n) is 76.4. The molecule has 0 aliphatic carbocycles. The van der Waals surface area contributed by atoms with Crippen molar-refractivity contribution >= 4 is 193 Å². The number of para-hydroxylation sites is 12. The average Bonchev–Trinajstić information content (AvgIpc) is 1.56. The Hall–Kier alpha value is -17.7. The molecule has 30 aromatic rings. The third-order valence-electron chi connectivity index (χ3n) is 28.6. The van der Waals surface area contributed by atoms with Crippen molar-refractivity contribution in [3.05, 3.63) is 510 Å². The molecule has 0 bridgehead atoms. The molecule has 0 atom stereocenters. The van der Waals surface area contributed by atoms with Gasteiger partial charge in [0.15, 0.2) is 0 Å². The predicted octanol–water partition coefficient (Wildman–Crippen LogP) is 37.3. The summed E-state index contributed by atoms with van der Waals surface area (Å²) in [6.07, 6.45) is 0. The van der Waals surface area contributed by atoms with Crippen LogP contribution in [0.3, 0.4) is 0 Å². The Kier molecular flexibility index (Phi) is 19.5. The van der Waals surface area contributed by atoms with Crippen molar-refractivity contribution in [2.45, 2.75) is 0 Å². The van der Waals surface area contributed by atoms with Gasteiger partial charge in [0.2, 0.25) is 0 Å². The Morgan fingerprint density at radius 1 is 0.128 bits per heavy atom. The smallest absolute Gasteiger partial charge is 0.0727 e. The molecule has 0 aliphatic rings. The van der Waals surface area contributed by atoms with Crippen LogP contribution in [0.5, 0.6) is 0 Å². The summed E-state index contributed by atoms with van der Waals surface area (Å²) in [6, 6.07) is 185. The first-order chi connectivity index (χ1) is 70.0. The lowest BCUT2D eigenvalue weighted by Gasteiger charge is -2.10. The minimum atomic E-state index is 1.18. The molecule has 0 unspecified atom stereocenters. The maximum Gasteiger partial charge on any atom is 0.0727 e. The molecule has 30 rings (SSSR count). The molecule has 0 amide bonds. The molecular formula is C132H84N6S3. The van der Waals surface area contributed by atoms with E-state index in [2.05, 4.69) is 537 Å². The second kappa shape index (κ2) is 33.6. The maximum absolute atomic E-state index is 2.43. The molecule has 0 N–H and O–H groups in total. The highest BCUT2D eigenvalue weighted by molar-refractivity contribution is 7.27. The van der Waals surface area contributed by atoms with Crippen LogP contribution in [0, 0.1) is 0 Å². The van der Waals surface area contributed by atoms with Gasteiger partial charge in [-0.3, -0.25) is 0 Å². The fraction of sp³-hybridized carbons (Fsp3) is 0. The molecule has 6 nitrogen and oxygen atoms in total. The molecular weight excluding hydrogens is 1770 g/mol. The van der Waals surface area contributed by atoms with Gasteiger partial charge in [0, 0.05) is 113 Å². The Balaban J connectivity index is 0.000000104. The first-order valence-corrected chi connectivity index (χ1v) is 50.5. The summed E-state index contributed by atoms with van der Waals surface area (Å²) in [4.78, 5) is 0. The summed E-state index contributed by atoms with van der Waals surface area (Å²) >= 11 is 5.67. The first kappa shape index (κ1) is 81.6. The topological polar surface area (TPSA) is 29.6 Å². The molecule has 0 aliphatic heterocycles. The van der Waals surface area contributed by atoms with Crippen LogP contribution >= 0.6 is 34.0 Å². The van der Waals surface area contributed by atoms with Crippen molar-refractivity contribution in [3.63, 3.8) is 0 Å². The zero-order chi connectivity index (χ0) is 92.7. The average molecular weight is 1850 g/mol. The van der Waals surface area contributed by atoms with E-state index in [1.807, 2.05) is 34.0 Å². The number of nitrogens with zero attached hydrogens (tertiary/aromatic N) is 6. The van der Waals surface area contributed by atoms with Crippen LogP contribution in [0.25, 0.3) is 260 Å². The molecule has 9 aromatic heterocycles. The van der Waals surface area contributed by atoms with Gasteiger partial charge in [-0.05, 0) is 237 Å². The van der Waals surface area contributed by atoms with E-state index in [-0.39, 0.29) is 0 Å². The fourth-order valence-corrected chi connectivity index (χ4v) is 25.8. The van der Waals surface area contributed by atoms with Gasteiger partial charge in [-0.1, -0.05) is 340 Å². The minimum Gasteiger partial charge on any atom is -0.309 e. The summed E-state index contributed by atoms with van der Waals surface area (Å²) in [5.41, 5.74) is 36.8. The van der Waals surface area contributed by atoms with E-state index < -0.39 is 0 Å². The summed E-state index contributed by atoms with van der Waals surface area (Å²) in [7, 11) is 0. The number of thiophene rings is 3. The SMILES string of the molecule is c1ccc(-n2c3ccccc3c3c(-c4ccc(-c5ccc6sc7c8ccccc8n(-c8ccccc8)c7c6c5)cc4)cccc32)cc1.c1ccc(-n2c3ccccc3c3cc(-c4ccc(-c5ccc6sc7c8ccccc8n(-c8ccccc8)c7c6c5)cc4)ccc32)cc1.c1ccc(-n2c3ccccc3c3ccc(-c4ccc(-c5ccc6sc7c8ccccc8n(-c8ccccc8)c7c6c5)cc4)cc32)cc1. The standard InChI is InChI=1S/3C44H28N2S/c1-3-12-32(13-4-1)45-38-19-9-7-16-35(38)42-34(18-11-21-40(42)45)30-24-22-29(23-25-30)31-26-27-41-37(28-31)43-44(47-41)36-17-8-10-20-39(36)46(43)33-14-5-2-6-15-33;1-3-11-33(12-4-1)45-39-17-9-7-15-35(39)36-25-23-32(28-41(36)45)30-21-19-29(20-22-30)31-24-26-42-38(27-31)43-44(47-42)37-16-8-10-18-40(37)46(43)34-13-5-2-6-14-34;1-3-11-33(12-4-1)45-39-17-9-7-15-35(39)37-27-31(23-25-41(37)45)29-19-21-30(22-20-29)32-24-26-42-38(28-32)43-44(47-42)36-16-8-10-18-40(36)46(43)34-13-5-2-6-14-34/h3*1-28H. The van der Waals surface area contributed by atoms with Crippen LogP contribution in [-0.4, -0.2) is 27.4 Å². The number of hydrogen-bond donors (Lipinski definition) is 0. The minimum absolute atomic E-state index is 1.18. The number of aromatic nitrogens is 6. The van der Waals surface area contributed by atoms with E-state index in [0.717, 1.165) is 0 Å². The fourth-order valence-electron chi connectivity index (χ4n) is 22.2. The molecule has 21 aromatic carbocycles. The zero-order valence-corrected chi connectivity index (χ0v) is 78.9. The summed E-state index contributed by atoms with van der Waals surface area (Å²) in [5, 5.41) is 15.5. The molecule has 0 spiro atoms. The molecule has 9 heteroatoms. The van der Waals surface area contributed by atoms with Gasteiger partial charge in [0.25, 0.3) is 0 Å². The first-order valence-electron chi connectivity index (χ1n) is 48.1. The van der Waals surface area contributed by atoms with Crippen LogP contribution in [0.4, 0.5) is 0 Å².